The third-order valence-electron chi connectivity index (χ3n) is 2.62. The first-order chi connectivity index (χ1) is 8.63. The minimum atomic E-state index is -1.05. The molecule has 2 aromatic rings. The first kappa shape index (κ1) is 12.2. The molecule has 1 N–H and O–H groups in total. The molecule has 0 aliphatic carbocycles. The molecule has 0 spiro atoms. The van der Waals surface area contributed by atoms with E-state index in [1.54, 1.807) is 15.6 Å². The maximum atomic E-state index is 11.0. The van der Waals surface area contributed by atoms with Gasteiger partial charge in [0.05, 0.1) is 5.69 Å². The lowest BCUT2D eigenvalue weighted by molar-refractivity contribution is 0.0689. The van der Waals surface area contributed by atoms with E-state index in [-0.39, 0.29) is 5.69 Å². The fraction of sp³-hybridized carbons (Fsp3) is 0.500. The van der Waals surface area contributed by atoms with Crippen molar-refractivity contribution in [2.75, 3.05) is 0 Å². The summed E-state index contributed by atoms with van der Waals surface area (Å²) in [5, 5.41) is 24.3. The predicted molar refractivity (Wildman–Crippen MR) is 61.1 cm³/mol. The molecule has 0 aliphatic rings. The number of carboxylic acids is 1. The van der Waals surface area contributed by atoms with Crippen molar-refractivity contribution in [3.8, 4) is 0 Å². The van der Waals surface area contributed by atoms with Crippen molar-refractivity contribution in [1.82, 2.24) is 29.8 Å². The molecule has 2 aromatic heterocycles. The highest BCUT2D eigenvalue weighted by atomic mass is 16.4. The third kappa shape index (κ3) is 2.22. The van der Waals surface area contributed by atoms with Crippen LogP contribution in [0.2, 0.25) is 0 Å². The molecule has 2 rings (SSSR count). The molecule has 0 aromatic carbocycles. The lowest BCUT2D eigenvalue weighted by Crippen LogP contribution is -2.12. The summed E-state index contributed by atoms with van der Waals surface area (Å²) in [7, 11) is 1.82. The Morgan fingerprint density at radius 1 is 1.44 bits per heavy atom. The van der Waals surface area contributed by atoms with E-state index in [2.05, 4.69) is 20.5 Å². The van der Waals surface area contributed by atoms with Gasteiger partial charge in [0.25, 0.3) is 0 Å². The van der Waals surface area contributed by atoms with Crippen LogP contribution in [0.3, 0.4) is 0 Å². The zero-order chi connectivity index (χ0) is 13.1. The number of aromatic carboxylic acids is 1. The molecule has 0 saturated carbocycles. The van der Waals surface area contributed by atoms with Gasteiger partial charge in [-0.1, -0.05) is 18.6 Å². The fourth-order valence-electron chi connectivity index (χ4n) is 1.69. The van der Waals surface area contributed by atoms with Crippen LogP contribution in [0, 0.1) is 0 Å². The Labute approximate surface area is 103 Å². The summed E-state index contributed by atoms with van der Waals surface area (Å²) < 4.78 is 3.33. The summed E-state index contributed by atoms with van der Waals surface area (Å²) in [5.41, 5.74) is 0.631. The second-order valence-corrected chi connectivity index (χ2v) is 3.96. The molecular weight excluding hydrogens is 236 g/mol. The van der Waals surface area contributed by atoms with Crippen LogP contribution >= 0.6 is 0 Å². The molecule has 0 bridgehead atoms. The van der Waals surface area contributed by atoms with Crippen molar-refractivity contribution in [1.29, 1.82) is 0 Å². The van der Waals surface area contributed by atoms with E-state index in [0.29, 0.717) is 24.5 Å². The molecule has 0 saturated heterocycles. The Morgan fingerprint density at radius 2 is 2.22 bits per heavy atom. The van der Waals surface area contributed by atoms with Gasteiger partial charge in [0, 0.05) is 7.05 Å². The number of carbonyl (C=O) groups is 1. The van der Waals surface area contributed by atoms with E-state index in [4.69, 9.17) is 5.11 Å². The van der Waals surface area contributed by atoms with Gasteiger partial charge in [-0.25, -0.2) is 9.48 Å². The molecule has 0 aliphatic heterocycles. The van der Waals surface area contributed by atoms with Crippen LogP contribution < -0.4 is 0 Å². The van der Waals surface area contributed by atoms with Gasteiger partial charge in [-0.3, -0.25) is 0 Å². The molecule has 8 nitrogen and oxygen atoms in total. The molecule has 0 fully saturated rings. The van der Waals surface area contributed by atoms with Gasteiger partial charge in [0.15, 0.2) is 11.5 Å². The minimum absolute atomic E-state index is 0.0130. The molecule has 0 atom stereocenters. The van der Waals surface area contributed by atoms with E-state index in [1.165, 1.54) is 0 Å². The van der Waals surface area contributed by atoms with Crippen molar-refractivity contribution >= 4 is 5.97 Å². The van der Waals surface area contributed by atoms with Crippen LogP contribution in [0.1, 0.15) is 35.4 Å². The van der Waals surface area contributed by atoms with E-state index in [1.807, 2.05) is 14.0 Å². The largest absolute Gasteiger partial charge is 0.476 e. The van der Waals surface area contributed by atoms with E-state index in [9.17, 15) is 4.79 Å². The highest BCUT2D eigenvalue weighted by Crippen LogP contribution is 2.10. The van der Waals surface area contributed by atoms with Crippen LogP contribution in [-0.2, 0) is 20.0 Å². The quantitative estimate of drug-likeness (QED) is 0.808. The number of hydrogen-bond donors (Lipinski definition) is 1. The Hall–Kier alpha value is -2.25. The topological polar surface area (TPSA) is 98.7 Å². The first-order valence-corrected chi connectivity index (χ1v) is 5.62. The summed E-state index contributed by atoms with van der Waals surface area (Å²) >= 11 is 0. The predicted octanol–water partition coefficient (Wildman–Crippen LogP) is 0.106. The summed E-state index contributed by atoms with van der Waals surface area (Å²) in [6.45, 7) is 2.34. The molecule has 0 amide bonds. The van der Waals surface area contributed by atoms with Crippen LogP contribution in [0.25, 0.3) is 0 Å². The van der Waals surface area contributed by atoms with Crippen LogP contribution in [0.15, 0.2) is 6.33 Å². The number of aromatic nitrogens is 6. The standard InChI is InChI=1S/C10H14N6O2/c1-3-4-7-9(10(17)18)13-14-16(7)5-8-12-11-6-15(8)2/h6H,3-5H2,1-2H3,(H,17,18). The Morgan fingerprint density at radius 3 is 2.78 bits per heavy atom. The Balaban J connectivity index is 2.33. The third-order valence-corrected chi connectivity index (χ3v) is 2.62. The van der Waals surface area contributed by atoms with Gasteiger partial charge in [0.1, 0.15) is 12.9 Å². The maximum Gasteiger partial charge on any atom is 0.358 e. The molecule has 0 unspecified atom stereocenters. The molecule has 96 valence electrons. The van der Waals surface area contributed by atoms with E-state index in [0.717, 1.165) is 6.42 Å². The summed E-state index contributed by atoms with van der Waals surface area (Å²) in [6, 6.07) is 0. The van der Waals surface area contributed by atoms with Crippen molar-refractivity contribution in [3.05, 3.63) is 23.5 Å². The highest BCUT2D eigenvalue weighted by molar-refractivity contribution is 5.86. The fourth-order valence-corrected chi connectivity index (χ4v) is 1.69. The number of nitrogens with zero attached hydrogens (tertiary/aromatic N) is 6. The normalized spacial score (nSPS) is 10.8. The summed E-state index contributed by atoms with van der Waals surface area (Å²) in [5.74, 6) is -0.350. The van der Waals surface area contributed by atoms with E-state index >= 15 is 0 Å². The zero-order valence-electron chi connectivity index (χ0n) is 10.2. The number of carboxylic acid groups (broad SMARTS) is 1. The second kappa shape index (κ2) is 4.94. The maximum absolute atomic E-state index is 11.0. The molecular formula is C10H14N6O2. The second-order valence-electron chi connectivity index (χ2n) is 3.96. The van der Waals surface area contributed by atoms with Gasteiger partial charge in [-0.15, -0.1) is 15.3 Å². The smallest absolute Gasteiger partial charge is 0.358 e. The number of hydrogen-bond acceptors (Lipinski definition) is 5. The Bertz CT molecular complexity index is 558. The highest BCUT2D eigenvalue weighted by Gasteiger charge is 2.19. The van der Waals surface area contributed by atoms with Crippen molar-refractivity contribution in [3.63, 3.8) is 0 Å². The van der Waals surface area contributed by atoms with Gasteiger partial charge >= 0.3 is 5.97 Å². The van der Waals surface area contributed by atoms with Gasteiger partial charge < -0.3 is 9.67 Å². The zero-order valence-corrected chi connectivity index (χ0v) is 10.2. The monoisotopic (exact) mass is 250 g/mol. The van der Waals surface area contributed by atoms with Crippen LogP contribution in [0.4, 0.5) is 0 Å². The lowest BCUT2D eigenvalue weighted by Gasteiger charge is -2.05. The SMILES string of the molecule is CCCc1c(C(=O)O)nnn1Cc1nncn1C. The average Bonchev–Trinajstić information content (AvgIpc) is 2.89. The molecule has 2 heterocycles. The first-order valence-electron chi connectivity index (χ1n) is 5.62. The van der Waals surface area contributed by atoms with Gasteiger partial charge in [-0.2, -0.15) is 0 Å². The van der Waals surface area contributed by atoms with Crippen molar-refractivity contribution in [2.45, 2.75) is 26.3 Å². The van der Waals surface area contributed by atoms with Crippen LogP contribution in [0.5, 0.6) is 0 Å². The van der Waals surface area contributed by atoms with Crippen molar-refractivity contribution < 1.29 is 9.90 Å². The molecule has 0 radical (unpaired) electrons. The summed E-state index contributed by atoms with van der Waals surface area (Å²) in [4.78, 5) is 11.0. The summed E-state index contributed by atoms with van der Waals surface area (Å²) in [6.07, 6.45) is 3.03. The average molecular weight is 250 g/mol. The lowest BCUT2D eigenvalue weighted by atomic mass is 10.2. The number of aryl methyl sites for hydroxylation is 1. The van der Waals surface area contributed by atoms with Crippen LogP contribution in [-0.4, -0.2) is 40.8 Å². The molecule has 8 heteroatoms. The number of rotatable bonds is 5. The Kier molecular flexibility index (Phi) is 3.35. The molecule has 18 heavy (non-hydrogen) atoms. The van der Waals surface area contributed by atoms with Gasteiger partial charge in [-0.05, 0) is 6.42 Å². The van der Waals surface area contributed by atoms with E-state index < -0.39 is 5.97 Å². The minimum Gasteiger partial charge on any atom is -0.476 e. The van der Waals surface area contributed by atoms with Gasteiger partial charge in [0.2, 0.25) is 0 Å². The van der Waals surface area contributed by atoms with Crippen molar-refractivity contribution in [2.24, 2.45) is 7.05 Å².